The van der Waals surface area contributed by atoms with Gasteiger partial charge in [0.1, 0.15) is 23.7 Å². The molecule has 7 nitrogen and oxygen atoms in total. The Balaban J connectivity index is 1.12. The van der Waals surface area contributed by atoms with Gasteiger partial charge in [-0.25, -0.2) is 0 Å². The number of benzene rings is 2. The number of aldehydes is 1. The minimum Gasteiger partial charge on any atom is -0.489 e. The maximum Gasteiger partial charge on any atom is 0.245 e. The molecule has 0 radical (unpaired) electrons. The number of furan rings is 1. The Kier molecular flexibility index (Phi) is 6.87. The van der Waals surface area contributed by atoms with E-state index in [-0.39, 0.29) is 6.10 Å². The van der Waals surface area contributed by atoms with Crippen molar-refractivity contribution in [2.75, 3.05) is 19.7 Å². The molecule has 1 fully saturated rings. The summed E-state index contributed by atoms with van der Waals surface area (Å²) in [6.45, 7) is 8.85. The second-order valence-electron chi connectivity index (χ2n) is 10.3. The highest BCUT2D eigenvalue weighted by molar-refractivity contribution is 5.81. The lowest BCUT2D eigenvalue weighted by atomic mass is 9.99. The lowest BCUT2D eigenvalue weighted by Gasteiger charge is -2.29. The van der Waals surface area contributed by atoms with Crippen molar-refractivity contribution in [2.24, 2.45) is 0 Å². The normalized spacial score (nSPS) is 17.8. The number of imidazole rings is 1. The van der Waals surface area contributed by atoms with Crippen LogP contribution in [0.4, 0.5) is 0 Å². The number of carbonyl (C=O) groups is 1. The molecule has 2 aliphatic rings. The van der Waals surface area contributed by atoms with Crippen LogP contribution >= 0.6 is 0 Å². The molecule has 1 unspecified atom stereocenters. The second kappa shape index (κ2) is 10.6. The smallest absolute Gasteiger partial charge is 0.245 e. The van der Waals surface area contributed by atoms with E-state index in [1.165, 1.54) is 27.8 Å². The largest absolute Gasteiger partial charge is 0.489 e. The third-order valence-corrected chi connectivity index (χ3v) is 7.60. The van der Waals surface area contributed by atoms with Crippen molar-refractivity contribution in [1.82, 2.24) is 14.5 Å². The summed E-state index contributed by atoms with van der Waals surface area (Å²) in [5.41, 5.74) is 7.68. The maximum atomic E-state index is 11.2. The van der Waals surface area contributed by atoms with Gasteiger partial charge in [-0.2, -0.15) is 4.98 Å². The van der Waals surface area contributed by atoms with Crippen LogP contribution in [0.5, 0.6) is 5.75 Å². The molecular formula is C31H33N3O4. The highest BCUT2D eigenvalue weighted by Gasteiger charge is 2.25. The maximum absolute atomic E-state index is 11.2. The van der Waals surface area contributed by atoms with Gasteiger partial charge in [0.25, 0.3) is 0 Å². The minimum atomic E-state index is 0.193. The first-order chi connectivity index (χ1) is 18.6. The number of rotatable bonds is 9. The summed E-state index contributed by atoms with van der Waals surface area (Å²) in [6, 6.07) is 16.7. The molecule has 6 rings (SSSR count). The number of ether oxygens (including phenoxy) is 2. The monoisotopic (exact) mass is 511 g/mol. The summed E-state index contributed by atoms with van der Waals surface area (Å²) in [5.74, 6) is 2.15. The molecule has 4 aromatic rings. The standard InChI is InChI=1S/C31H33N3O4/c1-21-6-7-25(22(2)14-21)20-37-26-5-3-4-24(15-26)23-8-11-33(12-9-23)18-30-32-31-29(16-28(19-35)38-31)34(30)17-27-10-13-36-27/h3-8,14-16,19,27H,9-13,17-18,20H2,1-2H3. The summed E-state index contributed by atoms with van der Waals surface area (Å²) in [6.07, 6.45) is 5.23. The van der Waals surface area contributed by atoms with E-state index in [1.54, 1.807) is 6.07 Å². The van der Waals surface area contributed by atoms with Gasteiger partial charge in [0.15, 0.2) is 12.0 Å². The number of hydrogen-bond acceptors (Lipinski definition) is 6. The summed E-state index contributed by atoms with van der Waals surface area (Å²) in [5, 5.41) is 0. The molecule has 1 atom stereocenters. The highest BCUT2D eigenvalue weighted by Crippen LogP contribution is 2.28. The Bertz CT molecular complexity index is 1490. The van der Waals surface area contributed by atoms with Crippen molar-refractivity contribution >= 4 is 23.1 Å². The van der Waals surface area contributed by atoms with Crippen molar-refractivity contribution in [3.05, 3.63) is 88.4 Å². The second-order valence-corrected chi connectivity index (χ2v) is 10.3. The van der Waals surface area contributed by atoms with Crippen LogP contribution in [0.1, 0.15) is 51.5 Å². The minimum absolute atomic E-state index is 0.193. The third-order valence-electron chi connectivity index (χ3n) is 7.60. The quantitative estimate of drug-likeness (QED) is 0.268. The molecule has 0 spiro atoms. The number of hydrogen-bond donors (Lipinski definition) is 0. The van der Waals surface area contributed by atoms with Gasteiger partial charge in [-0.3, -0.25) is 9.69 Å². The fourth-order valence-corrected chi connectivity index (χ4v) is 5.27. The Labute approximate surface area is 222 Å². The predicted molar refractivity (Wildman–Crippen MR) is 146 cm³/mol. The van der Waals surface area contributed by atoms with Gasteiger partial charge in [-0.1, -0.05) is 42.0 Å². The number of carbonyl (C=O) groups excluding carboxylic acids is 1. The molecule has 4 heterocycles. The average molecular weight is 512 g/mol. The lowest BCUT2D eigenvalue weighted by molar-refractivity contribution is -0.0591. The first-order valence-corrected chi connectivity index (χ1v) is 13.3. The zero-order chi connectivity index (χ0) is 26.1. The van der Waals surface area contributed by atoms with Crippen molar-refractivity contribution in [3.63, 3.8) is 0 Å². The number of fused-ring (bicyclic) bond motifs is 1. The van der Waals surface area contributed by atoms with Gasteiger partial charge < -0.3 is 18.5 Å². The van der Waals surface area contributed by atoms with Gasteiger partial charge in [0.2, 0.25) is 5.71 Å². The first-order valence-electron chi connectivity index (χ1n) is 13.3. The Morgan fingerprint density at radius 2 is 2.05 bits per heavy atom. The number of aryl methyl sites for hydroxylation is 2. The zero-order valence-electron chi connectivity index (χ0n) is 22.0. The molecule has 0 amide bonds. The molecule has 2 aliphatic heterocycles. The fraction of sp³-hybridized carbons (Fsp3) is 0.355. The third kappa shape index (κ3) is 5.17. The van der Waals surface area contributed by atoms with Crippen molar-refractivity contribution in [1.29, 1.82) is 0 Å². The highest BCUT2D eigenvalue weighted by atomic mass is 16.5. The topological polar surface area (TPSA) is 69.7 Å². The van der Waals surface area contributed by atoms with Crippen LogP contribution in [0, 0.1) is 13.8 Å². The average Bonchev–Trinajstić information content (AvgIpc) is 3.44. The van der Waals surface area contributed by atoms with Gasteiger partial charge in [0.05, 0.1) is 19.2 Å². The van der Waals surface area contributed by atoms with Gasteiger partial charge in [-0.15, -0.1) is 0 Å². The molecule has 2 aromatic carbocycles. The van der Waals surface area contributed by atoms with E-state index < -0.39 is 0 Å². The lowest BCUT2D eigenvalue weighted by Crippen LogP contribution is -2.33. The number of nitrogens with zero attached hydrogens (tertiary/aromatic N) is 3. The molecule has 0 N–H and O–H groups in total. The van der Waals surface area contributed by atoms with Crippen LogP contribution in [-0.4, -0.2) is 46.5 Å². The van der Waals surface area contributed by atoms with E-state index in [0.717, 1.165) is 69.0 Å². The summed E-state index contributed by atoms with van der Waals surface area (Å²) in [7, 11) is 0. The van der Waals surface area contributed by atoms with Crippen LogP contribution in [-0.2, 0) is 24.4 Å². The van der Waals surface area contributed by atoms with Gasteiger partial charge in [0, 0.05) is 25.8 Å². The SMILES string of the molecule is Cc1ccc(COc2cccc(C3=CCN(Cc4nc5oc(C=O)cc5n4CC4CCO4)CC3)c2)c(C)c1. The Hall–Kier alpha value is -3.68. The zero-order valence-corrected chi connectivity index (χ0v) is 22.0. The fourth-order valence-electron chi connectivity index (χ4n) is 5.27. The van der Waals surface area contributed by atoms with Crippen molar-refractivity contribution < 1.29 is 18.7 Å². The number of aromatic nitrogens is 2. The van der Waals surface area contributed by atoms with E-state index in [4.69, 9.17) is 18.9 Å². The summed E-state index contributed by atoms with van der Waals surface area (Å²) < 4.78 is 19.6. The van der Waals surface area contributed by atoms with E-state index in [1.807, 2.05) is 6.07 Å². The Morgan fingerprint density at radius 3 is 2.79 bits per heavy atom. The molecule has 0 saturated carbocycles. The van der Waals surface area contributed by atoms with Crippen molar-refractivity contribution in [3.8, 4) is 5.75 Å². The molecule has 7 heteroatoms. The van der Waals surface area contributed by atoms with Crippen LogP contribution in [0.3, 0.4) is 0 Å². The Morgan fingerprint density at radius 1 is 1.16 bits per heavy atom. The van der Waals surface area contributed by atoms with Crippen LogP contribution in [0.15, 0.2) is 59.0 Å². The first kappa shape index (κ1) is 24.6. The van der Waals surface area contributed by atoms with Gasteiger partial charge in [-0.05, 0) is 61.1 Å². The molecule has 0 bridgehead atoms. The molecular weight excluding hydrogens is 478 g/mol. The molecule has 1 saturated heterocycles. The van der Waals surface area contributed by atoms with Crippen molar-refractivity contribution in [2.45, 2.75) is 52.5 Å². The van der Waals surface area contributed by atoms with E-state index in [9.17, 15) is 4.79 Å². The van der Waals surface area contributed by atoms with Crippen LogP contribution in [0.25, 0.3) is 16.8 Å². The summed E-state index contributed by atoms with van der Waals surface area (Å²) in [4.78, 5) is 18.3. The van der Waals surface area contributed by atoms with Crippen LogP contribution in [0.2, 0.25) is 0 Å². The van der Waals surface area contributed by atoms with Gasteiger partial charge >= 0.3 is 0 Å². The van der Waals surface area contributed by atoms with Crippen LogP contribution < -0.4 is 4.74 Å². The van der Waals surface area contributed by atoms with E-state index in [0.29, 0.717) is 18.1 Å². The molecule has 0 aliphatic carbocycles. The molecule has 196 valence electrons. The molecule has 38 heavy (non-hydrogen) atoms. The molecule has 2 aromatic heterocycles. The van der Waals surface area contributed by atoms with E-state index in [2.05, 4.69) is 65.8 Å². The predicted octanol–water partition coefficient (Wildman–Crippen LogP) is 5.72. The summed E-state index contributed by atoms with van der Waals surface area (Å²) >= 11 is 0. The van der Waals surface area contributed by atoms with E-state index >= 15 is 0 Å².